The Morgan fingerprint density at radius 3 is 2.18 bits per heavy atom. The van der Waals surface area contributed by atoms with Crippen molar-refractivity contribution in [3.8, 4) is 0 Å². The molecular formula is C24H27NO3. The first-order valence-corrected chi connectivity index (χ1v) is 10.1. The Balaban J connectivity index is 1.63. The van der Waals surface area contributed by atoms with E-state index < -0.39 is 11.6 Å². The predicted molar refractivity (Wildman–Crippen MR) is 109 cm³/mol. The zero-order valence-corrected chi connectivity index (χ0v) is 16.0. The summed E-state index contributed by atoms with van der Waals surface area (Å²) in [4.78, 5) is 15.8. The molecule has 0 aromatic heterocycles. The van der Waals surface area contributed by atoms with Gasteiger partial charge in [-0.25, -0.2) is 4.79 Å². The van der Waals surface area contributed by atoms with E-state index in [-0.39, 0.29) is 12.1 Å². The highest BCUT2D eigenvalue weighted by Gasteiger charge is 2.47. The highest BCUT2D eigenvalue weighted by molar-refractivity contribution is 5.85. The Morgan fingerprint density at radius 1 is 1.04 bits per heavy atom. The van der Waals surface area contributed by atoms with E-state index in [2.05, 4.69) is 11.5 Å². The minimum absolute atomic E-state index is 0.204. The van der Waals surface area contributed by atoms with Crippen LogP contribution >= 0.6 is 0 Å². The van der Waals surface area contributed by atoms with E-state index in [9.17, 15) is 9.90 Å². The smallest absolute Gasteiger partial charge is 0.348 e. The molecule has 146 valence electrons. The monoisotopic (exact) mass is 377 g/mol. The number of hydrogen-bond acceptors (Lipinski definition) is 4. The lowest BCUT2D eigenvalue weighted by Gasteiger charge is -2.40. The van der Waals surface area contributed by atoms with Gasteiger partial charge in [-0.15, -0.1) is 6.58 Å². The highest BCUT2D eigenvalue weighted by Crippen LogP contribution is 2.39. The molecule has 0 saturated carbocycles. The van der Waals surface area contributed by atoms with Crippen LogP contribution in [0.4, 0.5) is 0 Å². The number of benzene rings is 2. The van der Waals surface area contributed by atoms with Gasteiger partial charge in [0.1, 0.15) is 6.10 Å². The second-order valence-corrected chi connectivity index (χ2v) is 7.75. The van der Waals surface area contributed by atoms with Crippen LogP contribution in [0.1, 0.15) is 36.8 Å². The molecule has 4 nitrogen and oxygen atoms in total. The average Bonchev–Trinajstić information content (AvgIpc) is 3.02. The third-order valence-corrected chi connectivity index (χ3v) is 6.18. The highest BCUT2D eigenvalue weighted by atomic mass is 16.6. The molecule has 1 N–H and O–H groups in total. The molecule has 0 radical (unpaired) electrons. The molecule has 2 heterocycles. The normalized spacial score (nSPS) is 24.7. The van der Waals surface area contributed by atoms with Crippen molar-refractivity contribution in [2.45, 2.75) is 49.5 Å². The van der Waals surface area contributed by atoms with Gasteiger partial charge >= 0.3 is 5.97 Å². The molecule has 2 aromatic rings. The Labute approximate surface area is 166 Å². The number of hydrogen-bond donors (Lipinski definition) is 1. The molecule has 0 unspecified atom stereocenters. The van der Waals surface area contributed by atoms with Crippen LogP contribution in [0.25, 0.3) is 0 Å². The first kappa shape index (κ1) is 18.9. The predicted octanol–water partition coefficient (Wildman–Crippen LogP) is 3.65. The summed E-state index contributed by atoms with van der Waals surface area (Å²) in [5.41, 5.74) is -0.773. The maximum absolute atomic E-state index is 13.4. The summed E-state index contributed by atoms with van der Waals surface area (Å²) in [5.74, 6) is -0.598. The van der Waals surface area contributed by atoms with E-state index in [1.165, 1.54) is 0 Å². The van der Waals surface area contributed by atoms with Gasteiger partial charge in [0.15, 0.2) is 0 Å². The second kappa shape index (κ2) is 7.90. The van der Waals surface area contributed by atoms with E-state index in [0.29, 0.717) is 17.2 Å². The molecule has 0 spiro atoms. The fourth-order valence-electron chi connectivity index (χ4n) is 4.78. The van der Waals surface area contributed by atoms with Gasteiger partial charge in [-0.3, -0.25) is 4.90 Å². The number of esters is 1. The van der Waals surface area contributed by atoms with Crippen molar-refractivity contribution < 1.29 is 14.6 Å². The lowest BCUT2D eigenvalue weighted by atomic mass is 9.86. The number of ether oxygens (including phenoxy) is 1. The van der Waals surface area contributed by atoms with Gasteiger partial charge in [-0.1, -0.05) is 66.7 Å². The minimum Gasteiger partial charge on any atom is -0.458 e. The SMILES string of the molecule is C=CCN1[C@H]2CC[C@H](OC(=O)C(O)(c3ccccc3)c3ccccc3)[C@@H]1CC2. The van der Waals surface area contributed by atoms with Crippen molar-refractivity contribution in [3.63, 3.8) is 0 Å². The first-order chi connectivity index (χ1) is 13.6. The van der Waals surface area contributed by atoms with E-state index in [0.717, 1.165) is 32.2 Å². The third-order valence-electron chi connectivity index (χ3n) is 6.18. The van der Waals surface area contributed by atoms with E-state index >= 15 is 0 Å². The lowest BCUT2D eigenvalue weighted by Crippen LogP contribution is -2.51. The lowest BCUT2D eigenvalue weighted by molar-refractivity contribution is -0.173. The Bertz CT molecular complexity index is 781. The van der Waals surface area contributed by atoms with Crippen LogP contribution in [0.3, 0.4) is 0 Å². The molecule has 2 fully saturated rings. The number of fused-ring (bicyclic) bond motifs is 2. The van der Waals surface area contributed by atoms with Crippen molar-refractivity contribution in [1.29, 1.82) is 0 Å². The number of carbonyl (C=O) groups is 1. The van der Waals surface area contributed by atoms with Crippen LogP contribution in [0.15, 0.2) is 73.3 Å². The molecule has 2 bridgehead atoms. The molecule has 4 heteroatoms. The standard InChI is InChI=1S/C24H27NO3/c1-2-17-25-20-13-15-21(25)22(16-14-20)28-23(26)24(27,18-9-5-3-6-10-18)19-11-7-4-8-12-19/h2-12,20-22,27H,1,13-17H2/t20-,21+,22+/m1/s1. The first-order valence-electron chi connectivity index (χ1n) is 10.1. The van der Waals surface area contributed by atoms with Gasteiger partial charge in [-0.05, 0) is 36.8 Å². The zero-order valence-electron chi connectivity index (χ0n) is 16.0. The van der Waals surface area contributed by atoms with Crippen LogP contribution in [-0.2, 0) is 15.1 Å². The van der Waals surface area contributed by atoms with Crippen molar-refractivity contribution >= 4 is 5.97 Å². The van der Waals surface area contributed by atoms with Crippen LogP contribution in [0, 0.1) is 0 Å². The van der Waals surface area contributed by atoms with Gasteiger partial charge in [0.2, 0.25) is 5.60 Å². The topological polar surface area (TPSA) is 49.8 Å². The largest absolute Gasteiger partial charge is 0.458 e. The summed E-state index contributed by atoms with van der Waals surface area (Å²) in [6.07, 6.45) is 5.72. The minimum atomic E-state index is -1.82. The van der Waals surface area contributed by atoms with Gasteiger partial charge < -0.3 is 9.84 Å². The molecule has 2 aromatic carbocycles. The summed E-state index contributed by atoms with van der Waals surface area (Å²) in [6, 6.07) is 18.9. The average molecular weight is 377 g/mol. The zero-order chi connectivity index (χ0) is 19.6. The number of aliphatic hydroxyl groups is 1. The molecular weight excluding hydrogens is 350 g/mol. The molecule has 4 rings (SSSR count). The summed E-state index contributed by atoms with van der Waals surface area (Å²) < 4.78 is 6.01. The summed E-state index contributed by atoms with van der Waals surface area (Å²) >= 11 is 0. The van der Waals surface area contributed by atoms with Crippen LogP contribution in [-0.4, -0.2) is 40.7 Å². The van der Waals surface area contributed by atoms with Crippen LogP contribution in [0.2, 0.25) is 0 Å². The third kappa shape index (κ3) is 3.27. The summed E-state index contributed by atoms with van der Waals surface area (Å²) in [5, 5.41) is 11.6. The van der Waals surface area contributed by atoms with Crippen molar-refractivity contribution in [2.24, 2.45) is 0 Å². The number of piperidine rings is 1. The van der Waals surface area contributed by atoms with E-state index in [4.69, 9.17) is 4.74 Å². The van der Waals surface area contributed by atoms with E-state index in [1.807, 2.05) is 42.5 Å². The maximum atomic E-state index is 13.4. The molecule has 0 aliphatic carbocycles. The van der Waals surface area contributed by atoms with Gasteiger partial charge in [0.05, 0.1) is 0 Å². The Hall–Kier alpha value is -2.43. The van der Waals surface area contributed by atoms with Crippen LogP contribution in [0.5, 0.6) is 0 Å². The fourth-order valence-corrected chi connectivity index (χ4v) is 4.78. The maximum Gasteiger partial charge on any atom is 0.348 e. The molecule has 2 saturated heterocycles. The quantitative estimate of drug-likeness (QED) is 0.617. The van der Waals surface area contributed by atoms with Gasteiger partial charge in [-0.2, -0.15) is 0 Å². The second-order valence-electron chi connectivity index (χ2n) is 7.75. The molecule has 2 aliphatic rings. The van der Waals surface area contributed by atoms with Crippen LogP contribution < -0.4 is 0 Å². The summed E-state index contributed by atoms with van der Waals surface area (Å²) in [6.45, 7) is 4.68. The van der Waals surface area contributed by atoms with Gasteiger partial charge in [0, 0.05) is 18.6 Å². The van der Waals surface area contributed by atoms with Gasteiger partial charge in [0.25, 0.3) is 0 Å². The van der Waals surface area contributed by atoms with Crippen molar-refractivity contribution in [3.05, 3.63) is 84.4 Å². The number of carbonyl (C=O) groups excluding carboxylic acids is 1. The Kier molecular flexibility index (Phi) is 5.33. The fraction of sp³-hybridized carbons (Fsp3) is 0.375. The Morgan fingerprint density at radius 2 is 1.61 bits per heavy atom. The molecule has 0 amide bonds. The van der Waals surface area contributed by atoms with E-state index in [1.54, 1.807) is 24.3 Å². The molecule has 3 atom stereocenters. The molecule has 2 aliphatic heterocycles. The number of rotatable bonds is 6. The molecule has 28 heavy (non-hydrogen) atoms. The number of nitrogens with zero attached hydrogens (tertiary/aromatic N) is 1. The van der Waals surface area contributed by atoms with Crippen molar-refractivity contribution in [1.82, 2.24) is 4.90 Å². The van der Waals surface area contributed by atoms with Crippen molar-refractivity contribution in [2.75, 3.05) is 6.54 Å². The summed E-state index contributed by atoms with van der Waals surface area (Å²) in [7, 11) is 0.